The number of anilines is 1. The fourth-order valence-electron chi connectivity index (χ4n) is 4.14. The van der Waals surface area contributed by atoms with Crippen LogP contribution in [0.5, 0.6) is 5.88 Å². The van der Waals surface area contributed by atoms with Crippen molar-refractivity contribution in [3.8, 4) is 22.8 Å². The molecule has 1 amide bonds. The molecule has 0 aliphatic heterocycles. The Balaban J connectivity index is 1.50. The van der Waals surface area contributed by atoms with Crippen molar-refractivity contribution in [3.05, 3.63) is 101 Å². The van der Waals surface area contributed by atoms with Crippen LogP contribution in [-0.2, 0) is 4.79 Å². The number of para-hydroxylation sites is 1. The third-order valence-corrected chi connectivity index (χ3v) is 6.16. The minimum Gasteiger partial charge on any atom is -0.467 e. The van der Waals surface area contributed by atoms with E-state index < -0.39 is 0 Å². The number of carbonyl (C=O) groups excluding carboxylic acids is 1. The molecule has 0 aliphatic rings. The maximum Gasteiger partial charge on any atom is 0.262 e. The lowest BCUT2D eigenvalue weighted by molar-refractivity contribution is -0.118. The van der Waals surface area contributed by atoms with E-state index in [2.05, 4.69) is 30.4 Å². The van der Waals surface area contributed by atoms with Crippen LogP contribution in [0.15, 0.2) is 78.9 Å². The first-order chi connectivity index (χ1) is 17.4. The predicted molar refractivity (Wildman–Crippen MR) is 144 cm³/mol. The average molecular weight is 497 g/mol. The third kappa shape index (κ3) is 4.81. The van der Waals surface area contributed by atoms with E-state index in [-0.39, 0.29) is 12.5 Å². The second-order valence-corrected chi connectivity index (χ2v) is 9.17. The van der Waals surface area contributed by atoms with Crippen LogP contribution < -0.4 is 10.1 Å². The van der Waals surface area contributed by atoms with Gasteiger partial charge in [-0.15, -0.1) is 0 Å². The summed E-state index contributed by atoms with van der Waals surface area (Å²) in [5.74, 6) is 0.0581. The van der Waals surface area contributed by atoms with Crippen LogP contribution in [0, 0.1) is 20.8 Å². The van der Waals surface area contributed by atoms with Crippen LogP contribution in [0.3, 0.4) is 0 Å². The maximum atomic E-state index is 12.6. The fraction of sp³-hybridized carbons (Fsp3) is 0.138. The van der Waals surface area contributed by atoms with Gasteiger partial charge in [-0.1, -0.05) is 59.6 Å². The molecule has 6 nitrogen and oxygen atoms in total. The molecule has 0 radical (unpaired) electrons. The molecule has 0 aliphatic carbocycles. The standard InChI is InChI=1S/C29H25ClN4O2/c1-18-8-7-9-21(14-18)28-27-20(3)15-26(32-29(27)34(33-28)23-10-5-4-6-11-23)36-17-25(35)31-24-16-22(30)13-12-19(24)2/h4-16H,17H2,1-3H3,(H,31,35). The molecule has 3 aromatic carbocycles. The van der Waals surface area contributed by atoms with Crippen molar-refractivity contribution in [3.63, 3.8) is 0 Å². The second kappa shape index (κ2) is 9.84. The molecule has 0 saturated heterocycles. The monoisotopic (exact) mass is 496 g/mol. The Hall–Kier alpha value is -4.16. The predicted octanol–water partition coefficient (Wildman–Crippen LogP) is 6.68. The van der Waals surface area contributed by atoms with Crippen molar-refractivity contribution >= 4 is 34.2 Å². The van der Waals surface area contributed by atoms with Gasteiger partial charge in [0.05, 0.1) is 11.1 Å². The fourth-order valence-corrected chi connectivity index (χ4v) is 4.31. The molecule has 0 unspecified atom stereocenters. The number of hydrogen-bond donors (Lipinski definition) is 1. The summed E-state index contributed by atoms with van der Waals surface area (Å²) in [7, 11) is 0. The Kier molecular flexibility index (Phi) is 6.44. The summed E-state index contributed by atoms with van der Waals surface area (Å²) in [4.78, 5) is 17.4. The zero-order valence-electron chi connectivity index (χ0n) is 20.2. The number of fused-ring (bicyclic) bond motifs is 1. The zero-order valence-corrected chi connectivity index (χ0v) is 21.0. The Morgan fingerprint density at radius 3 is 2.53 bits per heavy atom. The summed E-state index contributed by atoms with van der Waals surface area (Å²) in [6, 6.07) is 25.3. The number of hydrogen-bond acceptors (Lipinski definition) is 4. The molecule has 2 aromatic heterocycles. The average Bonchev–Trinajstić information content (AvgIpc) is 3.26. The third-order valence-electron chi connectivity index (χ3n) is 5.93. The van der Waals surface area contributed by atoms with E-state index in [1.54, 1.807) is 12.1 Å². The molecule has 36 heavy (non-hydrogen) atoms. The van der Waals surface area contributed by atoms with E-state index in [4.69, 9.17) is 26.4 Å². The summed E-state index contributed by atoms with van der Waals surface area (Å²) in [6.45, 7) is 5.78. The van der Waals surface area contributed by atoms with Gasteiger partial charge in [0.1, 0.15) is 5.69 Å². The van der Waals surface area contributed by atoms with E-state index >= 15 is 0 Å². The lowest BCUT2D eigenvalue weighted by Crippen LogP contribution is -2.21. The van der Waals surface area contributed by atoms with Gasteiger partial charge < -0.3 is 10.1 Å². The van der Waals surface area contributed by atoms with Gasteiger partial charge in [-0.05, 0) is 62.2 Å². The van der Waals surface area contributed by atoms with E-state index in [1.807, 2.05) is 67.1 Å². The lowest BCUT2D eigenvalue weighted by atomic mass is 10.0. The molecule has 0 fully saturated rings. The zero-order chi connectivity index (χ0) is 25.2. The lowest BCUT2D eigenvalue weighted by Gasteiger charge is -2.11. The smallest absolute Gasteiger partial charge is 0.262 e. The molecule has 2 heterocycles. The number of benzene rings is 3. The summed E-state index contributed by atoms with van der Waals surface area (Å²) in [5.41, 5.74) is 7.10. The van der Waals surface area contributed by atoms with Crippen LogP contribution in [0.25, 0.3) is 28.0 Å². The molecule has 1 N–H and O–H groups in total. The van der Waals surface area contributed by atoms with Gasteiger partial charge in [0.15, 0.2) is 12.3 Å². The van der Waals surface area contributed by atoms with Gasteiger partial charge in [-0.3, -0.25) is 4.79 Å². The summed E-state index contributed by atoms with van der Waals surface area (Å²) >= 11 is 6.07. The Morgan fingerprint density at radius 1 is 0.944 bits per heavy atom. The summed E-state index contributed by atoms with van der Waals surface area (Å²) in [5, 5.41) is 9.29. The molecule has 0 atom stereocenters. The number of halogens is 1. The molecule has 7 heteroatoms. The van der Waals surface area contributed by atoms with E-state index in [0.717, 1.165) is 39.0 Å². The van der Waals surface area contributed by atoms with Crippen LogP contribution in [0.1, 0.15) is 16.7 Å². The quantitative estimate of drug-likeness (QED) is 0.284. The van der Waals surface area contributed by atoms with E-state index in [9.17, 15) is 4.79 Å². The van der Waals surface area contributed by atoms with Gasteiger partial charge in [0, 0.05) is 22.3 Å². The maximum absolute atomic E-state index is 12.6. The molecule has 5 rings (SSSR count). The Labute approximate surface area is 214 Å². The highest BCUT2D eigenvalue weighted by Gasteiger charge is 2.19. The first kappa shape index (κ1) is 23.6. The van der Waals surface area contributed by atoms with Gasteiger partial charge in [-0.25, -0.2) is 4.68 Å². The van der Waals surface area contributed by atoms with Crippen molar-refractivity contribution < 1.29 is 9.53 Å². The number of rotatable bonds is 6. The summed E-state index contributed by atoms with van der Waals surface area (Å²) < 4.78 is 7.65. The van der Waals surface area contributed by atoms with E-state index in [0.29, 0.717) is 22.2 Å². The highest BCUT2D eigenvalue weighted by atomic mass is 35.5. The molecule has 0 bridgehead atoms. The largest absolute Gasteiger partial charge is 0.467 e. The normalized spacial score (nSPS) is 11.0. The van der Waals surface area contributed by atoms with Crippen LogP contribution in [0.2, 0.25) is 5.02 Å². The number of aromatic nitrogens is 3. The molecule has 5 aromatic rings. The van der Waals surface area contributed by atoms with E-state index in [1.165, 1.54) is 0 Å². The van der Waals surface area contributed by atoms with Gasteiger partial charge in [0.2, 0.25) is 5.88 Å². The summed E-state index contributed by atoms with van der Waals surface area (Å²) in [6.07, 6.45) is 0. The van der Waals surface area contributed by atoms with Crippen LogP contribution >= 0.6 is 11.6 Å². The van der Waals surface area contributed by atoms with Gasteiger partial charge >= 0.3 is 0 Å². The first-order valence-electron chi connectivity index (χ1n) is 11.6. The van der Waals surface area contributed by atoms with Crippen molar-refractivity contribution in [1.29, 1.82) is 0 Å². The van der Waals surface area contributed by atoms with Crippen molar-refractivity contribution in [2.45, 2.75) is 20.8 Å². The molecular weight excluding hydrogens is 472 g/mol. The highest BCUT2D eigenvalue weighted by Crippen LogP contribution is 2.33. The number of nitrogens with one attached hydrogen (secondary N) is 1. The second-order valence-electron chi connectivity index (χ2n) is 8.74. The Morgan fingerprint density at radius 2 is 1.75 bits per heavy atom. The first-order valence-corrected chi connectivity index (χ1v) is 12.0. The Bertz CT molecular complexity index is 1580. The van der Waals surface area contributed by atoms with Crippen LogP contribution in [-0.4, -0.2) is 27.3 Å². The number of amides is 1. The minimum atomic E-state index is -0.295. The number of pyridine rings is 1. The number of aryl methyl sites for hydroxylation is 3. The van der Waals surface area contributed by atoms with Crippen molar-refractivity contribution in [2.75, 3.05) is 11.9 Å². The topological polar surface area (TPSA) is 69.0 Å². The molecule has 180 valence electrons. The van der Waals surface area contributed by atoms with Gasteiger partial charge in [0.25, 0.3) is 5.91 Å². The van der Waals surface area contributed by atoms with Gasteiger partial charge in [-0.2, -0.15) is 10.1 Å². The SMILES string of the molecule is Cc1cccc(-c2nn(-c3ccccc3)c3nc(OCC(=O)Nc4cc(Cl)ccc4C)cc(C)c23)c1. The minimum absolute atomic E-state index is 0.186. The van der Waals surface area contributed by atoms with Crippen molar-refractivity contribution in [2.24, 2.45) is 0 Å². The highest BCUT2D eigenvalue weighted by molar-refractivity contribution is 6.31. The molecular formula is C29H25ClN4O2. The molecule has 0 saturated carbocycles. The number of ether oxygens (including phenoxy) is 1. The number of nitrogens with zero attached hydrogens (tertiary/aromatic N) is 3. The van der Waals surface area contributed by atoms with Crippen molar-refractivity contribution in [1.82, 2.24) is 14.8 Å². The molecule has 0 spiro atoms. The number of carbonyl (C=O) groups is 1. The van der Waals surface area contributed by atoms with Crippen LogP contribution in [0.4, 0.5) is 5.69 Å².